The molecule has 2 saturated heterocycles. The molecule has 144 valence electrons. The fraction of sp³-hybridized carbons (Fsp3) is 0.579. The molecule has 4 rings (SSSR count). The van der Waals surface area contributed by atoms with E-state index in [1.165, 1.54) is 0 Å². The van der Waals surface area contributed by atoms with Crippen LogP contribution in [0.15, 0.2) is 28.9 Å². The first kappa shape index (κ1) is 18.1. The van der Waals surface area contributed by atoms with Crippen LogP contribution in [0.4, 0.5) is 0 Å². The molecule has 0 aliphatic carbocycles. The summed E-state index contributed by atoms with van der Waals surface area (Å²) in [5.74, 6) is 1.45. The Kier molecular flexibility index (Phi) is 5.74. The van der Waals surface area contributed by atoms with Gasteiger partial charge in [-0.1, -0.05) is 11.2 Å². The first-order valence-corrected chi connectivity index (χ1v) is 9.62. The molecule has 4 heterocycles. The van der Waals surface area contributed by atoms with Crippen LogP contribution >= 0.6 is 0 Å². The Morgan fingerprint density at radius 3 is 2.89 bits per heavy atom. The Bertz CT molecular complexity index is 737. The van der Waals surface area contributed by atoms with Crippen molar-refractivity contribution in [1.82, 2.24) is 25.3 Å². The van der Waals surface area contributed by atoms with E-state index in [0.29, 0.717) is 24.8 Å². The molecule has 2 aromatic heterocycles. The van der Waals surface area contributed by atoms with Gasteiger partial charge in [-0.25, -0.2) is 0 Å². The lowest BCUT2D eigenvalue weighted by molar-refractivity contribution is -0.126. The third-order valence-electron chi connectivity index (χ3n) is 5.18. The van der Waals surface area contributed by atoms with Crippen molar-refractivity contribution in [3.8, 4) is 0 Å². The van der Waals surface area contributed by atoms with Gasteiger partial charge in [0.1, 0.15) is 6.10 Å². The number of nitrogens with zero attached hydrogens (tertiary/aromatic N) is 4. The summed E-state index contributed by atoms with van der Waals surface area (Å²) >= 11 is 0. The molecule has 2 aliphatic heterocycles. The fourth-order valence-corrected chi connectivity index (χ4v) is 3.61. The Labute approximate surface area is 158 Å². The number of ether oxygens (including phenoxy) is 1. The number of carbonyl (C=O) groups excluding carboxylic acids is 1. The van der Waals surface area contributed by atoms with Crippen molar-refractivity contribution in [2.45, 2.75) is 44.9 Å². The smallest absolute Gasteiger partial charge is 0.255 e. The first-order chi connectivity index (χ1) is 13.3. The molecule has 27 heavy (non-hydrogen) atoms. The van der Waals surface area contributed by atoms with Crippen molar-refractivity contribution in [3.05, 3.63) is 41.8 Å². The molecular weight excluding hydrogens is 346 g/mol. The van der Waals surface area contributed by atoms with Crippen LogP contribution in [0.2, 0.25) is 0 Å². The summed E-state index contributed by atoms with van der Waals surface area (Å²) in [6, 6.07) is 5.71. The van der Waals surface area contributed by atoms with Gasteiger partial charge in [-0.3, -0.25) is 14.7 Å². The van der Waals surface area contributed by atoms with E-state index in [1.54, 1.807) is 6.20 Å². The molecular formula is C19H25N5O3. The zero-order valence-electron chi connectivity index (χ0n) is 15.3. The molecule has 8 nitrogen and oxygen atoms in total. The summed E-state index contributed by atoms with van der Waals surface area (Å²) < 4.78 is 10.9. The lowest BCUT2D eigenvalue weighted by Crippen LogP contribution is -2.40. The highest BCUT2D eigenvalue weighted by Crippen LogP contribution is 2.27. The highest BCUT2D eigenvalue weighted by Gasteiger charge is 2.27. The van der Waals surface area contributed by atoms with Crippen molar-refractivity contribution < 1.29 is 14.1 Å². The fourth-order valence-electron chi connectivity index (χ4n) is 3.61. The average Bonchev–Trinajstić information content (AvgIpc) is 3.39. The zero-order valence-corrected chi connectivity index (χ0v) is 15.3. The molecule has 0 spiro atoms. The van der Waals surface area contributed by atoms with Crippen molar-refractivity contribution >= 4 is 5.91 Å². The maximum Gasteiger partial charge on any atom is 0.255 e. The van der Waals surface area contributed by atoms with Crippen LogP contribution < -0.4 is 5.32 Å². The standard InChI is InChI=1S/C19H25N5O3/c25-18(21-12-15-4-1-2-8-20-15)14-6-9-24(10-7-14)13-17-22-19(27-23-17)16-5-3-11-26-16/h1-2,4,8,14,16H,3,5-7,9-13H2,(H,21,25). The molecule has 0 radical (unpaired) electrons. The van der Waals surface area contributed by atoms with Gasteiger partial charge in [-0.2, -0.15) is 4.98 Å². The summed E-state index contributed by atoms with van der Waals surface area (Å²) in [4.78, 5) is 23.3. The van der Waals surface area contributed by atoms with Gasteiger partial charge < -0.3 is 14.6 Å². The molecule has 0 aromatic carbocycles. The molecule has 0 saturated carbocycles. The molecule has 8 heteroatoms. The number of carbonyl (C=O) groups is 1. The predicted octanol–water partition coefficient (Wildman–Crippen LogP) is 1.84. The number of nitrogens with one attached hydrogen (secondary N) is 1. The molecule has 2 aromatic rings. The summed E-state index contributed by atoms with van der Waals surface area (Å²) in [5, 5.41) is 7.07. The Morgan fingerprint density at radius 1 is 1.26 bits per heavy atom. The van der Waals surface area contributed by atoms with Gasteiger partial charge in [0.25, 0.3) is 5.89 Å². The van der Waals surface area contributed by atoms with Crippen LogP contribution in [-0.4, -0.2) is 45.6 Å². The molecule has 2 fully saturated rings. The minimum atomic E-state index is -0.0419. The van der Waals surface area contributed by atoms with Crippen LogP contribution in [0.3, 0.4) is 0 Å². The monoisotopic (exact) mass is 371 g/mol. The third kappa shape index (κ3) is 4.70. The number of hydrogen-bond acceptors (Lipinski definition) is 7. The minimum Gasteiger partial charge on any atom is -0.368 e. The van der Waals surface area contributed by atoms with Gasteiger partial charge in [0.15, 0.2) is 5.82 Å². The van der Waals surface area contributed by atoms with E-state index >= 15 is 0 Å². The van der Waals surface area contributed by atoms with Crippen molar-refractivity contribution in [2.75, 3.05) is 19.7 Å². The number of rotatable bonds is 6. The van der Waals surface area contributed by atoms with Crippen LogP contribution in [0.5, 0.6) is 0 Å². The number of amides is 1. The number of likely N-dealkylation sites (tertiary alicyclic amines) is 1. The van der Waals surface area contributed by atoms with E-state index in [1.807, 2.05) is 18.2 Å². The third-order valence-corrected chi connectivity index (χ3v) is 5.18. The van der Waals surface area contributed by atoms with Crippen LogP contribution in [0, 0.1) is 5.92 Å². The second kappa shape index (κ2) is 8.58. The SMILES string of the molecule is O=C(NCc1ccccn1)C1CCN(Cc2noc(C3CCCO3)n2)CC1. The van der Waals surface area contributed by atoms with Gasteiger partial charge in [0, 0.05) is 18.7 Å². The van der Waals surface area contributed by atoms with Crippen molar-refractivity contribution in [3.63, 3.8) is 0 Å². The van der Waals surface area contributed by atoms with Crippen molar-refractivity contribution in [2.24, 2.45) is 5.92 Å². The molecule has 1 N–H and O–H groups in total. The predicted molar refractivity (Wildman–Crippen MR) is 96.3 cm³/mol. The van der Waals surface area contributed by atoms with Gasteiger partial charge in [0.2, 0.25) is 5.91 Å². The lowest BCUT2D eigenvalue weighted by Gasteiger charge is -2.30. The number of pyridine rings is 1. The lowest BCUT2D eigenvalue weighted by atomic mass is 9.96. The Balaban J connectivity index is 1.21. The maximum absolute atomic E-state index is 12.4. The molecule has 1 atom stereocenters. The average molecular weight is 371 g/mol. The minimum absolute atomic E-state index is 0.0419. The second-order valence-electron chi connectivity index (χ2n) is 7.14. The normalized spacial score (nSPS) is 21.4. The number of hydrogen-bond donors (Lipinski definition) is 1. The molecule has 1 unspecified atom stereocenters. The quantitative estimate of drug-likeness (QED) is 0.828. The molecule has 1 amide bonds. The van der Waals surface area contributed by atoms with E-state index in [0.717, 1.165) is 51.1 Å². The summed E-state index contributed by atoms with van der Waals surface area (Å²) in [6.07, 6.45) is 5.36. The highest BCUT2D eigenvalue weighted by atomic mass is 16.5. The largest absolute Gasteiger partial charge is 0.368 e. The summed E-state index contributed by atoms with van der Waals surface area (Å²) in [5.41, 5.74) is 0.877. The summed E-state index contributed by atoms with van der Waals surface area (Å²) in [6.45, 7) is 3.60. The zero-order chi connectivity index (χ0) is 18.5. The second-order valence-corrected chi connectivity index (χ2v) is 7.14. The van der Waals surface area contributed by atoms with Gasteiger partial charge in [0.05, 0.1) is 18.8 Å². The summed E-state index contributed by atoms with van der Waals surface area (Å²) in [7, 11) is 0. The van der Waals surface area contributed by atoms with Gasteiger partial charge in [-0.15, -0.1) is 0 Å². The number of aromatic nitrogens is 3. The van der Waals surface area contributed by atoms with E-state index in [4.69, 9.17) is 9.26 Å². The van der Waals surface area contributed by atoms with E-state index in [9.17, 15) is 4.79 Å². The topological polar surface area (TPSA) is 93.4 Å². The van der Waals surface area contributed by atoms with Crippen LogP contribution in [0.25, 0.3) is 0 Å². The van der Waals surface area contributed by atoms with E-state index in [-0.39, 0.29) is 17.9 Å². The van der Waals surface area contributed by atoms with Crippen LogP contribution in [0.1, 0.15) is 49.2 Å². The van der Waals surface area contributed by atoms with Gasteiger partial charge in [-0.05, 0) is 50.9 Å². The first-order valence-electron chi connectivity index (χ1n) is 9.62. The van der Waals surface area contributed by atoms with Gasteiger partial charge >= 0.3 is 0 Å². The number of piperidine rings is 1. The Morgan fingerprint density at radius 2 is 2.15 bits per heavy atom. The Hall–Kier alpha value is -2.32. The van der Waals surface area contributed by atoms with E-state index in [2.05, 4.69) is 25.3 Å². The molecule has 0 bridgehead atoms. The van der Waals surface area contributed by atoms with E-state index < -0.39 is 0 Å². The van der Waals surface area contributed by atoms with Crippen LogP contribution in [-0.2, 0) is 22.6 Å². The molecule has 2 aliphatic rings. The maximum atomic E-state index is 12.4. The highest BCUT2D eigenvalue weighted by molar-refractivity contribution is 5.78. The van der Waals surface area contributed by atoms with Crippen molar-refractivity contribution in [1.29, 1.82) is 0 Å².